The Balaban J connectivity index is 4.06. The molecule has 0 spiro atoms. The summed E-state index contributed by atoms with van der Waals surface area (Å²) in [6.45, 7) is 4.68. The maximum atomic E-state index is 10.8. The van der Waals surface area contributed by atoms with Crippen molar-refractivity contribution >= 4 is 5.78 Å². The van der Waals surface area contributed by atoms with E-state index in [0.29, 0.717) is 0 Å². The Morgan fingerprint density at radius 1 is 1.67 bits per heavy atom. The lowest BCUT2D eigenvalue weighted by molar-refractivity contribution is -0.138. The molecule has 0 aromatic carbocycles. The van der Waals surface area contributed by atoms with Crippen molar-refractivity contribution in [2.75, 3.05) is 0 Å². The van der Waals surface area contributed by atoms with Gasteiger partial charge in [0.2, 0.25) is 0 Å². The molecule has 3 nitrogen and oxygen atoms in total. The number of Topliss-reactive ketones (excluding diaryl/α,β-unsaturated/α-hetero) is 1. The van der Waals surface area contributed by atoms with Gasteiger partial charge >= 0.3 is 0 Å². The van der Waals surface area contributed by atoms with Gasteiger partial charge in [-0.2, -0.15) is 0 Å². The van der Waals surface area contributed by atoms with Crippen molar-refractivity contribution < 1.29 is 9.90 Å². The van der Waals surface area contributed by atoms with Crippen LogP contribution in [0.1, 0.15) is 20.8 Å². The van der Waals surface area contributed by atoms with Crippen LogP contribution in [0.5, 0.6) is 0 Å². The highest BCUT2D eigenvalue weighted by molar-refractivity contribution is 5.87. The summed E-state index contributed by atoms with van der Waals surface area (Å²) < 4.78 is 0. The highest BCUT2D eigenvalue weighted by Crippen LogP contribution is 2.04. The van der Waals surface area contributed by atoms with E-state index in [9.17, 15) is 4.79 Å². The molecule has 0 rings (SSSR count). The van der Waals surface area contributed by atoms with Gasteiger partial charge in [-0.1, -0.05) is 13.8 Å². The van der Waals surface area contributed by atoms with Gasteiger partial charge in [0.25, 0.3) is 0 Å². The van der Waals surface area contributed by atoms with Gasteiger partial charge in [0.05, 0.1) is 0 Å². The van der Waals surface area contributed by atoms with Crippen LogP contribution >= 0.6 is 0 Å². The Hall–Kier alpha value is -0.410. The normalized spacial score (nSPS) is 17.6. The number of carbonyl (C=O) groups is 1. The van der Waals surface area contributed by atoms with Gasteiger partial charge < -0.3 is 5.11 Å². The molecule has 0 bridgehead atoms. The SMILES string of the molecule is CC(C)C(=O)C(C)(N)O. The standard InChI is InChI=1S/C6H13NO2/c1-4(2)5(8)6(3,7)9/h4,9H,7H2,1-3H3. The van der Waals surface area contributed by atoms with Gasteiger partial charge in [-0.25, -0.2) is 0 Å². The van der Waals surface area contributed by atoms with Crippen LogP contribution in [0.2, 0.25) is 0 Å². The van der Waals surface area contributed by atoms with Crippen molar-refractivity contribution in [2.45, 2.75) is 26.5 Å². The van der Waals surface area contributed by atoms with Crippen LogP contribution in [0.3, 0.4) is 0 Å². The van der Waals surface area contributed by atoms with Crippen molar-refractivity contribution in [2.24, 2.45) is 11.7 Å². The molecular weight excluding hydrogens is 118 g/mol. The van der Waals surface area contributed by atoms with Crippen LogP contribution in [0.15, 0.2) is 0 Å². The fourth-order valence-electron chi connectivity index (χ4n) is 0.584. The predicted octanol–water partition coefficient (Wildman–Crippen LogP) is -0.121. The topological polar surface area (TPSA) is 63.3 Å². The van der Waals surface area contributed by atoms with E-state index in [0.717, 1.165) is 0 Å². The second-order valence-electron chi connectivity index (χ2n) is 2.67. The number of hydrogen-bond acceptors (Lipinski definition) is 3. The maximum absolute atomic E-state index is 10.8. The van der Waals surface area contributed by atoms with E-state index < -0.39 is 5.72 Å². The van der Waals surface area contributed by atoms with Gasteiger partial charge in [-0.05, 0) is 6.92 Å². The molecule has 0 aliphatic rings. The zero-order valence-corrected chi connectivity index (χ0v) is 6.01. The van der Waals surface area contributed by atoms with Crippen molar-refractivity contribution in [3.05, 3.63) is 0 Å². The molecule has 0 aliphatic carbocycles. The van der Waals surface area contributed by atoms with E-state index in [1.54, 1.807) is 13.8 Å². The molecule has 0 aromatic rings. The molecule has 54 valence electrons. The maximum Gasteiger partial charge on any atom is 0.181 e. The van der Waals surface area contributed by atoms with Crippen LogP contribution in [-0.4, -0.2) is 16.6 Å². The smallest absolute Gasteiger partial charge is 0.181 e. The molecule has 0 amide bonds. The highest BCUT2D eigenvalue weighted by atomic mass is 16.3. The summed E-state index contributed by atoms with van der Waals surface area (Å²) >= 11 is 0. The van der Waals surface area contributed by atoms with Crippen LogP contribution in [0.25, 0.3) is 0 Å². The Morgan fingerprint density at radius 2 is 2.00 bits per heavy atom. The van der Waals surface area contributed by atoms with E-state index >= 15 is 0 Å². The molecule has 0 saturated heterocycles. The Kier molecular flexibility index (Phi) is 2.34. The van der Waals surface area contributed by atoms with Gasteiger partial charge in [0.15, 0.2) is 11.5 Å². The number of hydrogen-bond donors (Lipinski definition) is 2. The van der Waals surface area contributed by atoms with Crippen molar-refractivity contribution in [3.63, 3.8) is 0 Å². The summed E-state index contributed by atoms with van der Waals surface area (Å²) in [7, 11) is 0. The lowest BCUT2D eigenvalue weighted by Crippen LogP contribution is -2.46. The third kappa shape index (κ3) is 2.58. The number of rotatable bonds is 2. The first kappa shape index (κ1) is 8.59. The van der Waals surface area contributed by atoms with E-state index in [1.165, 1.54) is 6.92 Å². The molecule has 3 heteroatoms. The molecule has 1 atom stereocenters. The second-order valence-corrected chi connectivity index (χ2v) is 2.67. The molecule has 0 fully saturated rings. The van der Waals surface area contributed by atoms with Crippen LogP contribution < -0.4 is 5.73 Å². The second kappa shape index (κ2) is 2.45. The van der Waals surface area contributed by atoms with Gasteiger partial charge in [0, 0.05) is 5.92 Å². The third-order valence-electron chi connectivity index (χ3n) is 1.02. The first-order chi connectivity index (χ1) is 3.85. The molecule has 0 aliphatic heterocycles. The molecular formula is C6H13NO2. The van der Waals surface area contributed by atoms with Crippen molar-refractivity contribution in [1.29, 1.82) is 0 Å². The largest absolute Gasteiger partial charge is 0.369 e. The highest BCUT2D eigenvalue weighted by Gasteiger charge is 2.26. The monoisotopic (exact) mass is 131 g/mol. The zero-order valence-electron chi connectivity index (χ0n) is 6.01. The summed E-state index contributed by atoms with van der Waals surface area (Å²) in [4.78, 5) is 10.8. The van der Waals surface area contributed by atoms with Crippen molar-refractivity contribution in [3.8, 4) is 0 Å². The molecule has 9 heavy (non-hydrogen) atoms. The molecule has 0 aromatic heterocycles. The Labute approximate surface area is 54.9 Å². The fourth-order valence-corrected chi connectivity index (χ4v) is 0.584. The third-order valence-corrected chi connectivity index (χ3v) is 1.02. The van der Waals surface area contributed by atoms with E-state index in [1.807, 2.05) is 0 Å². The lowest BCUT2D eigenvalue weighted by atomic mass is 10.0. The first-order valence-corrected chi connectivity index (χ1v) is 2.91. The van der Waals surface area contributed by atoms with Crippen LogP contribution in [-0.2, 0) is 4.79 Å². The Morgan fingerprint density at radius 3 is 2.00 bits per heavy atom. The van der Waals surface area contributed by atoms with E-state index in [4.69, 9.17) is 10.8 Å². The van der Waals surface area contributed by atoms with Gasteiger partial charge in [0.1, 0.15) is 0 Å². The average molecular weight is 131 g/mol. The first-order valence-electron chi connectivity index (χ1n) is 2.91. The Bertz CT molecular complexity index is 113. The van der Waals surface area contributed by atoms with Crippen LogP contribution in [0.4, 0.5) is 0 Å². The minimum absolute atomic E-state index is 0.204. The quantitative estimate of drug-likeness (QED) is 0.513. The zero-order chi connectivity index (χ0) is 7.65. The molecule has 0 radical (unpaired) electrons. The van der Waals surface area contributed by atoms with E-state index in [2.05, 4.69) is 0 Å². The number of nitrogens with two attached hydrogens (primary N) is 1. The minimum atomic E-state index is -1.66. The summed E-state index contributed by atoms with van der Waals surface area (Å²) in [5.74, 6) is -0.535. The number of aliphatic hydroxyl groups is 1. The fraction of sp³-hybridized carbons (Fsp3) is 0.833. The van der Waals surface area contributed by atoms with E-state index in [-0.39, 0.29) is 11.7 Å². The summed E-state index contributed by atoms with van der Waals surface area (Å²) in [5, 5.41) is 8.88. The summed E-state index contributed by atoms with van der Waals surface area (Å²) in [5.41, 5.74) is 3.43. The summed E-state index contributed by atoms with van der Waals surface area (Å²) in [6.07, 6.45) is 0. The predicted molar refractivity (Wildman–Crippen MR) is 34.7 cm³/mol. The molecule has 3 N–H and O–H groups in total. The number of carbonyl (C=O) groups excluding carboxylic acids is 1. The number of ketones is 1. The van der Waals surface area contributed by atoms with Gasteiger partial charge in [-0.3, -0.25) is 10.5 Å². The van der Waals surface area contributed by atoms with Gasteiger partial charge in [-0.15, -0.1) is 0 Å². The molecule has 0 heterocycles. The lowest BCUT2D eigenvalue weighted by Gasteiger charge is -2.17. The molecule has 1 unspecified atom stereocenters. The van der Waals surface area contributed by atoms with Crippen LogP contribution in [0, 0.1) is 5.92 Å². The molecule has 0 saturated carbocycles. The average Bonchev–Trinajstić information content (AvgIpc) is 1.62. The minimum Gasteiger partial charge on any atom is -0.369 e. The summed E-state index contributed by atoms with van der Waals surface area (Å²) in [6, 6.07) is 0. The van der Waals surface area contributed by atoms with Crippen molar-refractivity contribution in [1.82, 2.24) is 0 Å².